The number of nitrogens with one attached hydrogen (secondary N) is 1. The van der Waals surface area contributed by atoms with Crippen molar-refractivity contribution >= 4 is 29.4 Å². The number of fused-ring (bicyclic) bond motifs is 1. The summed E-state index contributed by atoms with van der Waals surface area (Å²) in [6.07, 6.45) is -12.7. The third kappa shape index (κ3) is 11.2. The van der Waals surface area contributed by atoms with Gasteiger partial charge in [-0.2, -0.15) is 39.5 Å². The van der Waals surface area contributed by atoms with Crippen molar-refractivity contribution in [3.05, 3.63) is 76.1 Å². The van der Waals surface area contributed by atoms with Crippen LogP contribution in [0, 0.1) is 0 Å². The largest absolute Gasteiger partial charge is 0.466 e. The number of benzene rings is 2. The minimum Gasteiger partial charge on any atom is -0.466 e. The second-order valence-electron chi connectivity index (χ2n) is 13.6. The summed E-state index contributed by atoms with van der Waals surface area (Å²) in [5.41, 5.74) is -3.69. The monoisotopic (exact) mass is 819 g/mol. The Kier molecular flexibility index (Phi) is 13.8. The van der Waals surface area contributed by atoms with Gasteiger partial charge >= 0.3 is 30.6 Å². The molecule has 5 rings (SSSR count). The van der Waals surface area contributed by atoms with Gasteiger partial charge in [0.25, 0.3) is 0 Å². The van der Waals surface area contributed by atoms with Crippen LogP contribution >= 0.6 is 0 Å². The molecule has 0 radical (unpaired) electrons. The summed E-state index contributed by atoms with van der Waals surface area (Å²) < 4.78 is 140. The zero-order chi connectivity index (χ0) is 41.5. The number of nitrogens with zero attached hydrogens (tertiary/aromatic N) is 4. The highest BCUT2D eigenvalue weighted by atomic mass is 19.4. The Labute approximate surface area is 322 Å². The lowest BCUT2D eigenvalue weighted by Crippen LogP contribution is -2.46. The fourth-order valence-electron chi connectivity index (χ4n) is 6.82. The SMILES string of the molecule is CCOC(=O)CCCCCOC(=O)N1c2ccc(C(F)(F)F)cc2[C@@H](Nc2ncc(N3CCOCC3)c(Cc3cc(C(F)(F)F)cc(C(F)(F)F)c3)n2)C[C@H]1CC. The summed E-state index contributed by atoms with van der Waals surface area (Å²) >= 11 is 0. The zero-order valence-corrected chi connectivity index (χ0v) is 31.1. The number of amides is 1. The molecule has 1 aromatic heterocycles. The van der Waals surface area contributed by atoms with Crippen molar-refractivity contribution in [3.63, 3.8) is 0 Å². The molecule has 0 unspecified atom stereocenters. The third-order valence-corrected chi connectivity index (χ3v) is 9.61. The maximum absolute atomic E-state index is 14.0. The number of ether oxygens (including phenoxy) is 3. The molecule has 1 fully saturated rings. The first kappa shape index (κ1) is 43.3. The van der Waals surface area contributed by atoms with E-state index in [-0.39, 0.29) is 79.8 Å². The van der Waals surface area contributed by atoms with Crippen molar-refractivity contribution in [2.75, 3.05) is 54.6 Å². The summed E-state index contributed by atoms with van der Waals surface area (Å²) in [4.78, 5) is 37.1. The van der Waals surface area contributed by atoms with E-state index in [0.717, 1.165) is 12.1 Å². The summed E-state index contributed by atoms with van der Waals surface area (Å²) in [6.45, 7) is 4.96. The number of unbranched alkanes of at least 4 members (excludes halogenated alkanes) is 2. The standard InChI is InChI=1S/C38H42F9N5O5/c1-3-27-21-29(28-20-24(36(39,40)41)9-10-31(28)52(27)35(54)57-13-7-5-6-8-33(53)56-4-2)49-34-48-22-32(51-11-14-55-15-12-51)30(50-34)18-23-16-25(37(42,43)44)19-26(17-23)38(45,46)47/h9-10,16-17,19-20,22,27,29H,3-8,11-15,18,21H2,1-2H3,(H,48,49,50)/t27-,29+/m1/s1. The Hall–Kier alpha value is -4.81. The summed E-state index contributed by atoms with van der Waals surface area (Å²) in [5, 5.41) is 3.04. The highest BCUT2D eigenvalue weighted by Crippen LogP contribution is 2.43. The molecule has 3 heterocycles. The fraction of sp³-hybridized carbons (Fsp3) is 0.526. The van der Waals surface area contributed by atoms with Gasteiger partial charge in [0.1, 0.15) is 0 Å². The molecule has 1 saturated heterocycles. The van der Waals surface area contributed by atoms with Gasteiger partial charge in [-0.15, -0.1) is 0 Å². The highest BCUT2D eigenvalue weighted by Gasteiger charge is 2.40. The molecule has 2 aromatic carbocycles. The number of hydrogen-bond donors (Lipinski definition) is 1. The molecule has 1 amide bonds. The van der Waals surface area contributed by atoms with Crippen molar-refractivity contribution in [1.29, 1.82) is 0 Å². The molecular formula is C38H42F9N5O5. The average Bonchev–Trinajstić information content (AvgIpc) is 3.15. The van der Waals surface area contributed by atoms with Gasteiger partial charge in [0.05, 0.1) is 72.4 Å². The number of morpholine rings is 1. The van der Waals surface area contributed by atoms with Crippen LogP contribution < -0.4 is 15.1 Å². The first-order valence-corrected chi connectivity index (χ1v) is 18.4. The Morgan fingerprint density at radius 2 is 1.51 bits per heavy atom. The number of carbonyl (C=O) groups is 2. The maximum Gasteiger partial charge on any atom is 0.416 e. The van der Waals surface area contributed by atoms with Gasteiger partial charge in [-0.1, -0.05) is 6.92 Å². The van der Waals surface area contributed by atoms with Gasteiger partial charge in [-0.3, -0.25) is 9.69 Å². The molecule has 0 bridgehead atoms. The molecule has 2 aliphatic rings. The zero-order valence-electron chi connectivity index (χ0n) is 31.1. The van der Waals surface area contributed by atoms with Crippen LogP contribution in [0.3, 0.4) is 0 Å². The molecular weight excluding hydrogens is 777 g/mol. The first-order chi connectivity index (χ1) is 26.9. The van der Waals surface area contributed by atoms with E-state index in [1.54, 1.807) is 18.7 Å². The number of carbonyl (C=O) groups excluding carboxylic acids is 2. The Morgan fingerprint density at radius 1 is 0.842 bits per heavy atom. The quantitative estimate of drug-likeness (QED) is 0.103. The van der Waals surface area contributed by atoms with Crippen LogP contribution in [0.25, 0.3) is 0 Å². The van der Waals surface area contributed by atoms with E-state index in [1.165, 1.54) is 17.2 Å². The predicted octanol–water partition coefficient (Wildman–Crippen LogP) is 9.36. The second kappa shape index (κ2) is 18.2. The Balaban J connectivity index is 1.46. The lowest BCUT2D eigenvalue weighted by atomic mass is 9.89. The van der Waals surface area contributed by atoms with E-state index in [0.29, 0.717) is 56.6 Å². The van der Waals surface area contributed by atoms with E-state index >= 15 is 0 Å². The van der Waals surface area contributed by atoms with Crippen molar-refractivity contribution in [2.45, 2.75) is 89.4 Å². The number of halogens is 9. The van der Waals surface area contributed by atoms with Crippen LogP contribution in [0.2, 0.25) is 0 Å². The van der Waals surface area contributed by atoms with E-state index in [4.69, 9.17) is 14.2 Å². The van der Waals surface area contributed by atoms with Gasteiger partial charge in [0.2, 0.25) is 5.95 Å². The number of rotatable bonds is 13. The van der Waals surface area contributed by atoms with E-state index in [2.05, 4.69) is 15.3 Å². The Morgan fingerprint density at radius 3 is 2.12 bits per heavy atom. The van der Waals surface area contributed by atoms with Crippen LogP contribution in [0.4, 0.5) is 61.6 Å². The van der Waals surface area contributed by atoms with Crippen LogP contribution in [-0.4, -0.2) is 67.6 Å². The molecule has 1 N–H and O–H groups in total. The minimum absolute atomic E-state index is 0.00527. The minimum atomic E-state index is -5.08. The normalized spacial score (nSPS) is 17.6. The molecule has 3 aromatic rings. The highest BCUT2D eigenvalue weighted by molar-refractivity contribution is 5.90. The van der Waals surface area contributed by atoms with Crippen molar-refractivity contribution < 1.29 is 63.3 Å². The van der Waals surface area contributed by atoms with E-state index in [9.17, 15) is 49.1 Å². The van der Waals surface area contributed by atoms with Gasteiger partial charge in [-0.05, 0) is 86.6 Å². The number of hydrogen-bond acceptors (Lipinski definition) is 9. The summed E-state index contributed by atoms with van der Waals surface area (Å²) in [5.74, 6) is -0.483. The lowest BCUT2D eigenvalue weighted by Gasteiger charge is -2.40. The van der Waals surface area contributed by atoms with Gasteiger partial charge in [0, 0.05) is 32.0 Å². The Bertz CT molecular complexity index is 1830. The molecule has 2 aliphatic heterocycles. The van der Waals surface area contributed by atoms with Crippen molar-refractivity contribution in [2.24, 2.45) is 0 Å². The predicted molar refractivity (Wildman–Crippen MR) is 190 cm³/mol. The van der Waals surface area contributed by atoms with Crippen LogP contribution in [-0.2, 0) is 44.0 Å². The van der Waals surface area contributed by atoms with E-state index in [1.807, 2.05) is 0 Å². The molecule has 2 atom stereocenters. The van der Waals surface area contributed by atoms with Gasteiger partial charge < -0.3 is 24.4 Å². The third-order valence-electron chi connectivity index (χ3n) is 9.61. The topological polar surface area (TPSA) is 106 Å². The number of alkyl halides is 9. The van der Waals surface area contributed by atoms with E-state index < -0.39 is 59.8 Å². The van der Waals surface area contributed by atoms with Crippen LogP contribution in [0.5, 0.6) is 0 Å². The molecule has 312 valence electrons. The van der Waals surface area contributed by atoms with Gasteiger partial charge in [0.15, 0.2) is 0 Å². The number of aromatic nitrogens is 2. The molecule has 0 spiro atoms. The number of anilines is 3. The smallest absolute Gasteiger partial charge is 0.416 e. The molecule has 57 heavy (non-hydrogen) atoms. The van der Waals surface area contributed by atoms with Crippen LogP contribution in [0.1, 0.15) is 91.9 Å². The fourth-order valence-corrected chi connectivity index (χ4v) is 6.82. The van der Waals surface area contributed by atoms with Crippen molar-refractivity contribution in [1.82, 2.24) is 9.97 Å². The second-order valence-corrected chi connectivity index (χ2v) is 13.6. The molecule has 0 saturated carbocycles. The molecule has 19 heteroatoms. The number of esters is 1. The average molecular weight is 820 g/mol. The first-order valence-electron chi connectivity index (χ1n) is 18.4. The summed E-state index contributed by atoms with van der Waals surface area (Å²) in [7, 11) is 0. The maximum atomic E-state index is 14.0. The summed E-state index contributed by atoms with van der Waals surface area (Å²) in [6, 6.07) is 2.69. The van der Waals surface area contributed by atoms with Crippen LogP contribution in [0.15, 0.2) is 42.6 Å². The van der Waals surface area contributed by atoms with Crippen molar-refractivity contribution in [3.8, 4) is 0 Å². The lowest BCUT2D eigenvalue weighted by molar-refractivity contribution is -0.144. The molecule has 0 aliphatic carbocycles. The molecule has 10 nitrogen and oxygen atoms in total. The van der Waals surface area contributed by atoms with Gasteiger partial charge in [-0.25, -0.2) is 14.8 Å².